The van der Waals surface area contributed by atoms with E-state index in [0.717, 1.165) is 37.8 Å². The van der Waals surface area contributed by atoms with Crippen LogP contribution in [0.1, 0.15) is 35.3 Å². The van der Waals surface area contributed by atoms with Gasteiger partial charge in [-0.2, -0.15) is 13.2 Å². The molecule has 4 aliphatic rings. The molecule has 2 aliphatic heterocycles. The van der Waals surface area contributed by atoms with Gasteiger partial charge in [-0.15, -0.1) is 11.8 Å². The number of thioether (sulfide) groups is 1. The first-order valence-electron chi connectivity index (χ1n) is 13.9. The Balaban J connectivity index is 1.23. The molecule has 2 aliphatic carbocycles. The summed E-state index contributed by atoms with van der Waals surface area (Å²) in [5, 5.41) is 0.618. The predicted octanol–water partition coefficient (Wildman–Crippen LogP) is 5.08. The van der Waals surface area contributed by atoms with Crippen molar-refractivity contribution < 1.29 is 37.0 Å². The largest absolute Gasteiger partial charge is 0.482 e. The summed E-state index contributed by atoms with van der Waals surface area (Å²) >= 11 is 2.61. The molecule has 1 aromatic heterocycles. The number of carbonyl (C=O) groups is 3. The molecule has 7 atom stereocenters. The number of amides is 2. The molecule has 3 heterocycles. The molecule has 0 radical (unpaired) electrons. The number of nitrogens with zero attached hydrogens (tertiary/aromatic N) is 1. The van der Waals surface area contributed by atoms with Crippen molar-refractivity contribution in [2.24, 2.45) is 29.6 Å². The predicted molar refractivity (Wildman–Crippen MR) is 151 cm³/mol. The monoisotopic (exact) mass is 630 g/mol. The fourth-order valence-corrected chi connectivity index (χ4v) is 10.5. The first kappa shape index (κ1) is 28.2. The molecule has 0 spiro atoms. The third-order valence-corrected chi connectivity index (χ3v) is 11.7. The van der Waals surface area contributed by atoms with E-state index in [1.807, 2.05) is 12.1 Å². The van der Waals surface area contributed by atoms with Crippen molar-refractivity contribution in [3.8, 4) is 5.75 Å². The highest BCUT2D eigenvalue weighted by Crippen LogP contribution is 2.68. The summed E-state index contributed by atoms with van der Waals surface area (Å²) in [4.78, 5) is 56.1. The van der Waals surface area contributed by atoms with Gasteiger partial charge < -0.3 is 14.5 Å². The molecule has 13 heteroatoms. The molecular weight excluding hydrogens is 605 g/mol. The van der Waals surface area contributed by atoms with Gasteiger partial charge in [-0.1, -0.05) is 35.6 Å². The van der Waals surface area contributed by atoms with Gasteiger partial charge in [0.1, 0.15) is 5.75 Å². The third kappa shape index (κ3) is 4.42. The number of anilines is 1. The second-order valence-electron chi connectivity index (χ2n) is 11.1. The first-order chi connectivity index (χ1) is 20.6. The highest BCUT2D eigenvalue weighted by atomic mass is 32.2. The average molecular weight is 631 g/mol. The summed E-state index contributed by atoms with van der Waals surface area (Å²) in [5.41, 5.74) is -0.554. The minimum absolute atomic E-state index is 0.108. The molecule has 2 saturated carbocycles. The van der Waals surface area contributed by atoms with Crippen molar-refractivity contribution >= 4 is 46.6 Å². The van der Waals surface area contributed by atoms with E-state index in [-0.39, 0.29) is 47.0 Å². The maximum atomic E-state index is 13.9. The van der Waals surface area contributed by atoms with E-state index in [1.165, 1.54) is 30.0 Å². The molecule has 43 heavy (non-hydrogen) atoms. The molecule has 2 bridgehead atoms. The van der Waals surface area contributed by atoms with Gasteiger partial charge in [0, 0.05) is 16.0 Å². The van der Waals surface area contributed by atoms with Gasteiger partial charge in [0.2, 0.25) is 11.8 Å². The number of H-pyrrole nitrogens is 1. The number of nitrogens with one attached hydrogen (secondary N) is 1. The summed E-state index contributed by atoms with van der Waals surface area (Å²) in [7, 11) is 0. The Morgan fingerprint density at radius 1 is 1.02 bits per heavy atom. The van der Waals surface area contributed by atoms with Gasteiger partial charge >= 0.3 is 17.0 Å². The standard InChI is InChI=1S/C30H25F3N2O6S2/c1-2-40-19(36)12-41-14-9-7-13(8-10-14)20-21-15-11-16(24(21)42-26-25(20)43-29(39)34-26)23-22(15)27(37)35(28(23)38)18-6-4-3-5-17(18)30(31,32)33/h3-10,15-16,20-24H,2,11-12H2,1H3,(H,34,39)/t15-,16-,20+,21-,22+,23+,24-/m1/s1. The minimum Gasteiger partial charge on any atom is -0.482 e. The fourth-order valence-electron chi connectivity index (χ4n) is 7.65. The lowest BCUT2D eigenvalue weighted by Crippen LogP contribution is -2.42. The zero-order valence-electron chi connectivity index (χ0n) is 22.6. The lowest BCUT2D eigenvalue weighted by Gasteiger charge is -2.43. The summed E-state index contributed by atoms with van der Waals surface area (Å²) < 4.78 is 52.1. The zero-order chi connectivity index (χ0) is 30.2. The van der Waals surface area contributed by atoms with Gasteiger partial charge in [0.05, 0.1) is 34.7 Å². The third-order valence-electron chi connectivity index (χ3n) is 9.08. The Labute approximate surface area is 251 Å². The van der Waals surface area contributed by atoms with Crippen LogP contribution in [-0.4, -0.2) is 41.2 Å². The van der Waals surface area contributed by atoms with Crippen LogP contribution in [0.2, 0.25) is 0 Å². The number of halogens is 3. The Hall–Kier alpha value is -3.58. The number of fused-ring (bicyclic) bond motifs is 9. The van der Waals surface area contributed by atoms with Crippen molar-refractivity contribution in [2.45, 2.75) is 35.7 Å². The van der Waals surface area contributed by atoms with Crippen LogP contribution in [0.4, 0.5) is 18.9 Å². The van der Waals surface area contributed by atoms with Crippen LogP contribution in [0.3, 0.4) is 0 Å². The lowest BCUT2D eigenvalue weighted by atomic mass is 9.68. The van der Waals surface area contributed by atoms with Gasteiger partial charge in [0.25, 0.3) is 0 Å². The van der Waals surface area contributed by atoms with Crippen LogP contribution < -0.4 is 14.5 Å². The molecule has 224 valence electrons. The Bertz CT molecular complexity index is 1690. The molecule has 1 N–H and O–H groups in total. The minimum atomic E-state index is -4.73. The molecule has 3 aromatic rings. The van der Waals surface area contributed by atoms with E-state index in [4.69, 9.17) is 9.47 Å². The number of aromatic nitrogens is 1. The summed E-state index contributed by atoms with van der Waals surface area (Å²) in [6, 6.07) is 11.9. The smallest absolute Gasteiger partial charge is 0.418 e. The number of esters is 1. The number of carbonyl (C=O) groups excluding carboxylic acids is 3. The molecular formula is C30H25F3N2O6S2. The fraction of sp³-hybridized carbons (Fsp3) is 0.400. The number of hydrogen-bond acceptors (Lipinski definition) is 8. The van der Waals surface area contributed by atoms with E-state index >= 15 is 0 Å². The number of ether oxygens (including phenoxy) is 2. The molecule has 0 unspecified atom stereocenters. The number of thiazole rings is 1. The van der Waals surface area contributed by atoms with Crippen LogP contribution >= 0.6 is 23.1 Å². The van der Waals surface area contributed by atoms with Gasteiger partial charge in [-0.3, -0.25) is 14.4 Å². The highest BCUT2D eigenvalue weighted by molar-refractivity contribution is 8.00. The van der Waals surface area contributed by atoms with Crippen LogP contribution in [0.15, 0.2) is 58.4 Å². The SMILES string of the molecule is CCOC(=O)COc1ccc([C@@H]2c3sc(=O)[nH]c3S[C@@H]3[C@@H]4C[C@@H]([C@@H]5C(=O)N(c6ccccc6C(F)(F)F)C(=O)[C@@H]45)[C@H]23)cc1. The number of benzene rings is 2. The second kappa shape index (κ2) is 10.3. The van der Waals surface area contributed by atoms with Crippen LogP contribution in [-0.2, 0) is 25.3 Å². The van der Waals surface area contributed by atoms with Crippen LogP contribution in [0, 0.1) is 29.6 Å². The van der Waals surface area contributed by atoms with Gasteiger partial charge in [-0.05, 0) is 60.9 Å². The molecule has 2 amide bonds. The van der Waals surface area contributed by atoms with Gasteiger partial charge in [0.15, 0.2) is 6.61 Å². The normalized spacial score (nSPS) is 28.9. The maximum absolute atomic E-state index is 13.9. The van der Waals surface area contributed by atoms with E-state index in [9.17, 15) is 32.3 Å². The number of rotatable bonds is 6. The van der Waals surface area contributed by atoms with E-state index < -0.39 is 47.0 Å². The van der Waals surface area contributed by atoms with E-state index in [0.29, 0.717) is 12.2 Å². The number of alkyl halides is 3. The maximum Gasteiger partial charge on any atom is 0.418 e. The lowest BCUT2D eigenvalue weighted by molar-refractivity contribution is -0.145. The molecule has 1 saturated heterocycles. The number of imide groups is 1. The van der Waals surface area contributed by atoms with Gasteiger partial charge in [-0.25, -0.2) is 9.69 Å². The van der Waals surface area contributed by atoms with E-state index in [1.54, 1.807) is 19.1 Å². The van der Waals surface area contributed by atoms with Crippen molar-refractivity contribution in [3.63, 3.8) is 0 Å². The molecule has 8 nitrogen and oxygen atoms in total. The quantitative estimate of drug-likeness (QED) is 0.299. The first-order valence-corrected chi connectivity index (χ1v) is 15.6. The Kier molecular flexibility index (Phi) is 6.73. The van der Waals surface area contributed by atoms with Crippen molar-refractivity contribution in [1.82, 2.24) is 4.98 Å². The molecule has 7 rings (SSSR count). The second-order valence-corrected chi connectivity index (χ2v) is 13.4. The summed E-state index contributed by atoms with van der Waals surface area (Å²) in [5.74, 6) is -3.48. The summed E-state index contributed by atoms with van der Waals surface area (Å²) in [6.45, 7) is 1.71. The Morgan fingerprint density at radius 2 is 1.72 bits per heavy atom. The highest BCUT2D eigenvalue weighted by Gasteiger charge is 2.70. The van der Waals surface area contributed by atoms with Crippen molar-refractivity contribution in [3.05, 3.63) is 74.2 Å². The van der Waals surface area contributed by atoms with Crippen molar-refractivity contribution in [2.75, 3.05) is 18.1 Å². The van der Waals surface area contributed by atoms with Crippen molar-refractivity contribution in [1.29, 1.82) is 0 Å². The number of hydrogen-bond donors (Lipinski definition) is 1. The van der Waals surface area contributed by atoms with Crippen LogP contribution in [0.5, 0.6) is 5.75 Å². The number of aromatic amines is 1. The van der Waals surface area contributed by atoms with Crippen LogP contribution in [0.25, 0.3) is 0 Å². The average Bonchev–Trinajstić information content (AvgIpc) is 3.70. The summed E-state index contributed by atoms with van der Waals surface area (Å²) in [6.07, 6.45) is -4.12. The Morgan fingerprint density at radius 3 is 2.42 bits per heavy atom. The van der Waals surface area contributed by atoms with E-state index in [2.05, 4.69) is 4.98 Å². The zero-order valence-corrected chi connectivity index (χ0v) is 24.3. The molecule has 3 fully saturated rings. The topological polar surface area (TPSA) is 106 Å². The number of para-hydroxylation sites is 1. The molecule has 2 aromatic carbocycles.